The highest BCUT2D eigenvalue weighted by molar-refractivity contribution is 5.48. The van der Waals surface area contributed by atoms with Crippen molar-refractivity contribution < 1.29 is 9.66 Å². The van der Waals surface area contributed by atoms with Crippen molar-refractivity contribution in [3.05, 3.63) is 27.9 Å². The Hall–Kier alpha value is -1.73. The molecule has 0 aromatic carbocycles. The van der Waals surface area contributed by atoms with Crippen molar-refractivity contribution in [2.45, 2.75) is 13.3 Å². The maximum Gasteiger partial charge on any atom is 0.277 e. The van der Waals surface area contributed by atoms with E-state index in [1.54, 1.807) is 6.92 Å². The molecule has 0 amide bonds. The van der Waals surface area contributed by atoms with Gasteiger partial charge in [0.25, 0.3) is 5.69 Å². The van der Waals surface area contributed by atoms with Crippen LogP contribution in [0.4, 0.5) is 11.5 Å². The minimum Gasteiger partial charge on any atom is -0.379 e. The number of rotatable bonds is 6. The Balaban J connectivity index is 1.76. The van der Waals surface area contributed by atoms with Gasteiger partial charge in [-0.25, -0.2) is 4.98 Å². The first kappa shape index (κ1) is 14.7. The van der Waals surface area contributed by atoms with Gasteiger partial charge in [0.2, 0.25) is 0 Å². The van der Waals surface area contributed by atoms with Crippen molar-refractivity contribution in [1.82, 2.24) is 9.88 Å². The van der Waals surface area contributed by atoms with Crippen molar-refractivity contribution >= 4 is 11.5 Å². The second-order valence-corrected chi connectivity index (χ2v) is 4.85. The lowest BCUT2D eigenvalue weighted by molar-refractivity contribution is -0.385. The third-order valence-electron chi connectivity index (χ3n) is 3.33. The summed E-state index contributed by atoms with van der Waals surface area (Å²) in [5.41, 5.74) is 0.685. The molecular weight excluding hydrogens is 260 g/mol. The highest BCUT2D eigenvalue weighted by atomic mass is 16.6. The van der Waals surface area contributed by atoms with E-state index in [9.17, 15) is 10.1 Å². The van der Waals surface area contributed by atoms with Crippen molar-refractivity contribution in [1.29, 1.82) is 0 Å². The maximum absolute atomic E-state index is 10.8. The maximum atomic E-state index is 10.8. The van der Waals surface area contributed by atoms with Crippen LogP contribution in [0.15, 0.2) is 12.3 Å². The normalized spacial score (nSPS) is 16.1. The first-order valence-electron chi connectivity index (χ1n) is 6.82. The van der Waals surface area contributed by atoms with Gasteiger partial charge in [0.05, 0.1) is 24.2 Å². The largest absolute Gasteiger partial charge is 0.379 e. The van der Waals surface area contributed by atoms with E-state index in [2.05, 4.69) is 15.2 Å². The van der Waals surface area contributed by atoms with Crippen LogP contribution in [0, 0.1) is 17.0 Å². The van der Waals surface area contributed by atoms with Gasteiger partial charge in [0, 0.05) is 31.4 Å². The quantitative estimate of drug-likeness (QED) is 0.482. The van der Waals surface area contributed by atoms with E-state index < -0.39 is 0 Å². The Labute approximate surface area is 118 Å². The highest BCUT2D eigenvalue weighted by Crippen LogP contribution is 2.19. The molecule has 1 N–H and O–H groups in total. The van der Waals surface area contributed by atoms with Gasteiger partial charge in [-0.3, -0.25) is 15.0 Å². The van der Waals surface area contributed by atoms with Crippen molar-refractivity contribution in [2.75, 3.05) is 44.7 Å². The Morgan fingerprint density at radius 3 is 2.95 bits per heavy atom. The Bertz CT molecular complexity index is 461. The SMILES string of the molecule is Cc1cnc(NCCCN2CCOCC2)cc1[N+](=O)[O-]. The number of morpholine rings is 1. The molecule has 0 bridgehead atoms. The van der Waals surface area contributed by atoms with Gasteiger partial charge >= 0.3 is 0 Å². The Kier molecular flexibility index (Phi) is 5.25. The number of hydrogen-bond donors (Lipinski definition) is 1. The van der Waals surface area contributed by atoms with E-state index in [1.165, 1.54) is 12.3 Å². The molecule has 2 heterocycles. The van der Waals surface area contributed by atoms with Gasteiger partial charge in [0.1, 0.15) is 5.82 Å². The molecule has 1 fully saturated rings. The Morgan fingerprint density at radius 1 is 1.50 bits per heavy atom. The monoisotopic (exact) mass is 280 g/mol. The fourth-order valence-corrected chi connectivity index (χ4v) is 2.15. The number of nitrogens with zero attached hydrogens (tertiary/aromatic N) is 3. The zero-order chi connectivity index (χ0) is 14.4. The first-order valence-corrected chi connectivity index (χ1v) is 6.82. The van der Waals surface area contributed by atoms with E-state index >= 15 is 0 Å². The third kappa shape index (κ3) is 4.14. The number of aromatic nitrogens is 1. The number of nitro groups is 1. The smallest absolute Gasteiger partial charge is 0.277 e. The summed E-state index contributed by atoms with van der Waals surface area (Å²) in [5, 5.41) is 14.0. The molecule has 0 unspecified atom stereocenters. The van der Waals surface area contributed by atoms with Gasteiger partial charge in [0.15, 0.2) is 0 Å². The van der Waals surface area contributed by atoms with Crippen molar-refractivity contribution in [3.63, 3.8) is 0 Å². The minimum atomic E-state index is -0.379. The van der Waals surface area contributed by atoms with E-state index in [4.69, 9.17) is 4.74 Å². The first-order chi connectivity index (χ1) is 9.66. The predicted octanol–water partition coefficient (Wildman–Crippen LogP) is 1.43. The van der Waals surface area contributed by atoms with Gasteiger partial charge in [-0.05, 0) is 19.9 Å². The minimum absolute atomic E-state index is 0.107. The summed E-state index contributed by atoms with van der Waals surface area (Å²) >= 11 is 0. The molecule has 0 radical (unpaired) electrons. The third-order valence-corrected chi connectivity index (χ3v) is 3.33. The topological polar surface area (TPSA) is 80.5 Å². The van der Waals surface area contributed by atoms with Crippen LogP contribution < -0.4 is 5.32 Å². The fraction of sp³-hybridized carbons (Fsp3) is 0.615. The van der Waals surface area contributed by atoms with Gasteiger partial charge in [-0.1, -0.05) is 0 Å². The molecule has 20 heavy (non-hydrogen) atoms. The van der Waals surface area contributed by atoms with Gasteiger partial charge in [-0.15, -0.1) is 0 Å². The molecule has 0 atom stereocenters. The molecule has 1 aliphatic heterocycles. The molecule has 1 aliphatic rings. The van der Waals surface area contributed by atoms with E-state index in [-0.39, 0.29) is 10.6 Å². The lowest BCUT2D eigenvalue weighted by atomic mass is 10.2. The molecule has 0 saturated carbocycles. The van der Waals surface area contributed by atoms with E-state index in [1.807, 2.05) is 0 Å². The number of pyridine rings is 1. The van der Waals surface area contributed by atoms with Crippen LogP contribution in [-0.4, -0.2) is 54.2 Å². The summed E-state index contributed by atoms with van der Waals surface area (Å²) in [6.07, 6.45) is 2.51. The number of nitrogens with one attached hydrogen (secondary N) is 1. The molecule has 110 valence electrons. The zero-order valence-corrected chi connectivity index (χ0v) is 11.7. The molecule has 7 nitrogen and oxygen atoms in total. The van der Waals surface area contributed by atoms with Crippen LogP contribution >= 0.6 is 0 Å². The van der Waals surface area contributed by atoms with Crippen LogP contribution in [0.2, 0.25) is 0 Å². The molecule has 1 aromatic rings. The second kappa shape index (κ2) is 7.16. The summed E-state index contributed by atoms with van der Waals surface area (Å²) in [5.74, 6) is 0.560. The fourth-order valence-electron chi connectivity index (χ4n) is 2.15. The lowest BCUT2D eigenvalue weighted by Crippen LogP contribution is -2.37. The summed E-state index contributed by atoms with van der Waals surface area (Å²) in [7, 11) is 0. The predicted molar refractivity (Wildman–Crippen MR) is 76.0 cm³/mol. The zero-order valence-electron chi connectivity index (χ0n) is 11.7. The summed E-state index contributed by atoms with van der Waals surface area (Å²) in [6.45, 7) is 7.02. The second-order valence-electron chi connectivity index (χ2n) is 4.85. The van der Waals surface area contributed by atoms with Gasteiger partial charge in [-0.2, -0.15) is 0 Å². The van der Waals surface area contributed by atoms with Crippen LogP contribution in [-0.2, 0) is 4.74 Å². The van der Waals surface area contributed by atoms with Crippen LogP contribution in [0.3, 0.4) is 0 Å². The number of anilines is 1. The van der Waals surface area contributed by atoms with Crippen LogP contribution in [0.25, 0.3) is 0 Å². The summed E-state index contributed by atoms with van der Waals surface area (Å²) in [6, 6.07) is 1.49. The average molecular weight is 280 g/mol. The van der Waals surface area contributed by atoms with Crippen molar-refractivity contribution in [3.8, 4) is 0 Å². The lowest BCUT2D eigenvalue weighted by Gasteiger charge is -2.26. The van der Waals surface area contributed by atoms with Gasteiger partial charge < -0.3 is 10.1 Å². The highest BCUT2D eigenvalue weighted by Gasteiger charge is 2.12. The molecular formula is C13H20N4O3. The average Bonchev–Trinajstić information content (AvgIpc) is 2.46. The molecule has 2 rings (SSSR count). The van der Waals surface area contributed by atoms with E-state index in [0.29, 0.717) is 11.4 Å². The molecule has 7 heteroatoms. The molecule has 1 aromatic heterocycles. The van der Waals surface area contributed by atoms with Crippen molar-refractivity contribution in [2.24, 2.45) is 0 Å². The van der Waals surface area contributed by atoms with E-state index in [0.717, 1.165) is 45.8 Å². The molecule has 0 spiro atoms. The number of hydrogen-bond acceptors (Lipinski definition) is 6. The standard InChI is InChI=1S/C13H20N4O3/c1-11-10-15-13(9-12(11)17(18)19)14-3-2-4-16-5-7-20-8-6-16/h9-10H,2-8H2,1H3,(H,14,15). The summed E-state index contributed by atoms with van der Waals surface area (Å²) < 4.78 is 5.29. The summed E-state index contributed by atoms with van der Waals surface area (Å²) in [4.78, 5) is 17.0. The van der Waals surface area contributed by atoms with Crippen LogP contribution in [0.5, 0.6) is 0 Å². The molecule has 1 saturated heterocycles. The van der Waals surface area contributed by atoms with Crippen LogP contribution in [0.1, 0.15) is 12.0 Å². The number of aryl methyl sites for hydroxylation is 1. The molecule has 0 aliphatic carbocycles. The Morgan fingerprint density at radius 2 is 2.25 bits per heavy atom. The number of ether oxygens (including phenoxy) is 1.